The van der Waals surface area contributed by atoms with Crippen molar-refractivity contribution in [2.75, 3.05) is 5.73 Å². The maximum atomic E-state index is 6.05. The number of nitrogens with two attached hydrogens (primary N) is 2. The third-order valence-electron chi connectivity index (χ3n) is 2.06. The van der Waals surface area contributed by atoms with Gasteiger partial charge in [-0.25, -0.2) is 4.98 Å². The first-order chi connectivity index (χ1) is 6.79. The summed E-state index contributed by atoms with van der Waals surface area (Å²) in [5.74, 6) is 0.508. The third kappa shape index (κ3) is 2.47. The first kappa shape index (κ1) is 12.0. The van der Waals surface area contributed by atoms with Gasteiger partial charge in [0.2, 0.25) is 0 Å². The zero-order valence-electron chi connectivity index (χ0n) is 7.96. The minimum atomic E-state index is -0.163. The molecule has 0 saturated heterocycles. The van der Waals surface area contributed by atoms with Crippen LogP contribution in [0.15, 0.2) is 35.8 Å². The number of rotatable bonds is 2. The molecule has 0 aliphatic heterocycles. The summed E-state index contributed by atoms with van der Waals surface area (Å²) >= 11 is 1.63. The Kier molecular flexibility index (Phi) is 4.08. The van der Waals surface area contributed by atoms with E-state index in [9.17, 15) is 0 Å². The molecular weight excluding hydrogens is 230 g/mol. The predicted octanol–water partition coefficient (Wildman–Crippen LogP) is 2.20. The molecule has 5 heteroatoms. The molecule has 2 heterocycles. The van der Waals surface area contributed by atoms with Crippen LogP contribution in [0.1, 0.15) is 16.5 Å². The van der Waals surface area contributed by atoms with Crippen LogP contribution in [0, 0.1) is 0 Å². The molecule has 3 nitrogen and oxygen atoms in total. The number of aromatic nitrogens is 1. The highest BCUT2D eigenvalue weighted by atomic mass is 35.5. The number of nitrogens with zero attached hydrogens (tertiary/aromatic N) is 1. The fraction of sp³-hybridized carbons (Fsp3) is 0.100. The number of halogens is 1. The largest absolute Gasteiger partial charge is 0.383 e. The molecule has 2 rings (SSSR count). The molecule has 0 bridgehead atoms. The average Bonchev–Trinajstić information content (AvgIpc) is 2.70. The van der Waals surface area contributed by atoms with Gasteiger partial charge in [-0.05, 0) is 17.5 Å². The number of hydrogen-bond donors (Lipinski definition) is 2. The molecule has 80 valence electrons. The van der Waals surface area contributed by atoms with Gasteiger partial charge in [-0.2, -0.15) is 0 Å². The fourth-order valence-electron chi connectivity index (χ4n) is 1.31. The van der Waals surface area contributed by atoms with Gasteiger partial charge in [0.15, 0.2) is 0 Å². The van der Waals surface area contributed by atoms with Gasteiger partial charge in [0.1, 0.15) is 5.82 Å². The lowest BCUT2D eigenvalue weighted by Gasteiger charge is -2.11. The van der Waals surface area contributed by atoms with Gasteiger partial charge in [0.25, 0.3) is 0 Å². The Bertz CT molecular complexity index is 416. The number of pyridine rings is 1. The van der Waals surface area contributed by atoms with Crippen molar-refractivity contribution in [3.05, 3.63) is 46.3 Å². The summed E-state index contributed by atoms with van der Waals surface area (Å²) in [6.45, 7) is 0. The topological polar surface area (TPSA) is 64.9 Å². The number of hydrogen-bond acceptors (Lipinski definition) is 4. The molecule has 0 unspecified atom stereocenters. The van der Waals surface area contributed by atoms with Crippen molar-refractivity contribution in [3.8, 4) is 0 Å². The molecule has 0 fully saturated rings. The average molecular weight is 242 g/mol. The second-order valence-corrected chi connectivity index (χ2v) is 3.95. The second-order valence-electron chi connectivity index (χ2n) is 2.97. The second kappa shape index (κ2) is 5.11. The molecule has 0 radical (unpaired) electrons. The zero-order chi connectivity index (χ0) is 9.97. The lowest BCUT2D eigenvalue weighted by molar-refractivity contribution is 0.889. The smallest absolute Gasteiger partial charge is 0.128 e. The SMILES string of the molecule is Cl.Nc1ncccc1[C@H](N)c1cccs1. The molecule has 2 aromatic heterocycles. The van der Waals surface area contributed by atoms with Crippen LogP contribution < -0.4 is 11.5 Å². The first-order valence-corrected chi connectivity index (χ1v) is 5.16. The van der Waals surface area contributed by atoms with Crippen LogP contribution in [-0.2, 0) is 0 Å². The summed E-state index contributed by atoms with van der Waals surface area (Å²) in [6.07, 6.45) is 1.67. The molecule has 2 aromatic rings. The summed E-state index contributed by atoms with van der Waals surface area (Å²) in [5.41, 5.74) is 12.7. The Labute approximate surface area is 98.5 Å². The van der Waals surface area contributed by atoms with Crippen LogP contribution in [0.2, 0.25) is 0 Å². The quantitative estimate of drug-likeness (QED) is 0.847. The zero-order valence-corrected chi connectivity index (χ0v) is 9.59. The highest BCUT2D eigenvalue weighted by Crippen LogP contribution is 2.25. The van der Waals surface area contributed by atoms with Crippen molar-refractivity contribution in [2.24, 2.45) is 5.73 Å². The van der Waals surface area contributed by atoms with E-state index < -0.39 is 0 Å². The Morgan fingerprint density at radius 2 is 2.07 bits per heavy atom. The van der Waals surface area contributed by atoms with Crippen LogP contribution in [-0.4, -0.2) is 4.98 Å². The Balaban J connectivity index is 0.00000112. The van der Waals surface area contributed by atoms with E-state index in [0.717, 1.165) is 10.4 Å². The highest BCUT2D eigenvalue weighted by Gasteiger charge is 2.12. The lowest BCUT2D eigenvalue weighted by Crippen LogP contribution is -2.13. The number of thiophene rings is 1. The van der Waals surface area contributed by atoms with E-state index in [1.54, 1.807) is 17.5 Å². The Morgan fingerprint density at radius 3 is 2.67 bits per heavy atom. The summed E-state index contributed by atoms with van der Waals surface area (Å²) < 4.78 is 0. The fourth-order valence-corrected chi connectivity index (χ4v) is 2.06. The van der Waals surface area contributed by atoms with Crippen LogP contribution >= 0.6 is 23.7 Å². The summed E-state index contributed by atoms with van der Waals surface area (Å²) in [6, 6.07) is 7.57. The standard InChI is InChI=1S/C10H11N3S.ClH/c11-9(8-4-2-6-14-8)7-3-1-5-13-10(7)12;/h1-6,9H,11H2,(H2,12,13);1H/t9-;/m0./s1. The van der Waals surface area contributed by atoms with E-state index in [4.69, 9.17) is 11.5 Å². The monoisotopic (exact) mass is 241 g/mol. The molecule has 1 atom stereocenters. The van der Waals surface area contributed by atoms with Gasteiger partial charge in [-0.3, -0.25) is 0 Å². The minimum absolute atomic E-state index is 0. The lowest BCUT2D eigenvalue weighted by atomic mass is 10.1. The Morgan fingerprint density at radius 1 is 1.27 bits per heavy atom. The van der Waals surface area contributed by atoms with Crippen molar-refractivity contribution >= 4 is 29.6 Å². The van der Waals surface area contributed by atoms with Crippen molar-refractivity contribution in [1.29, 1.82) is 0 Å². The van der Waals surface area contributed by atoms with E-state index in [0.29, 0.717) is 5.82 Å². The summed E-state index contributed by atoms with van der Waals surface area (Å²) in [4.78, 5) is 5.11. The third-order valence-corrected chi connectivity index (χ3v) is 3.01. The van der Waals surface area contributed by atoms with Gasteiger partial charge < -0.3 is 11.5 Å². The molecule has 0 amide bonds. The van der Waals surface area contributed by atoms with Crippen LogP contribution in [0.25, 0.3) is 0 Å². The van der Waals surface area contributed by atoms with E-state index in [2.05, 4.69) is 4.98 Å². The predicted molar refractivity (Wildman–Crippen MR) is 66.2 cm³/mol. The van der Waals surface area contributed by atoms with Gasteiger partial charge in [0, 0.05) is 16.6 Å². The molecule has 0 aliphatic carbocycles. The van der Waals surface area contributed by atoms with Crippen molar-refractivity contribution in [2.45, 2.75) is 6.04 Å². The highest BCUT2D eigenvalue weighted by molar-refractivity contribution is 7.10. The van der Waals surface area contributed by atoms with E-state index in [1.807, 2.05) is 29.6 Å². The number of anilines is 1. The molecule has 15 heavy (non-hydrogen) atoms. The van der Waals surface area contributed by atoms with Crippen LogP contribution in [0.5, 0.6) is 0 Å². The molecular formula is C10H12ClN3S. The maximum Gasteiger partial charge on any atom is 0.128 e. The van der Waals surface area contributed by atoms with E-state index in [-0.39, 0.29) is 18.4 Å². The maximum absolute atomic E-state index is 6.05. The molecule has 0 saturated carbocycles. The molecule has 0 spiro atoms. The molecule has 0 aromatic carbocycles. The summed E-state index contributed by atoms with van der Waals surface area (Å²) in [5, 5.41) is 2.00. The van der Waals surface area contributed by atoms with Crippen LogP contribution in [0.3, 0.4) is 0 Å². The van der Waals surface area contributed by atoms with Crippen molar-refractivity contribution in [3.63, 3.8) is 0 Å². The van der Waals surface area contributed by atoms with E-state index in [1.165, 1.54) is 0 Å². The van der Waals surface area contributed by atoms with Crippen LogP contribution in [0.4, 0.5) is 5.82 Å². The summed E-state index contributed by atoms with van der Waals surface area (Å²) in [7, 11) is 0. The first-order valence-electron chi connectivity index (χ1n) is 4.28. The molecule has 0 aliphatic rings. The minimum Gasteiger partial charge on any atom is -0.383 e. The van der Waals surface area contributed by atoms with Gasteiger partial charge in [0.05, 0.1) is 6.04 Å². The van der Waals surface area contributed by atoms with Gasteiger partial charge in [-0.15, -0.1) is 23.7 Å². The van der Waals surface area contributed by atoms with Crippen molar-refractivity contribution < 1.29 is 0 Å². The molecule has 4 N–H and O–H groups in total. The normalized spacial score (nSPS) is 11.8. The van der Waals surface area contributed by atoms with E-state index >= 15 is 0 Å². The van der Waals surface area contributed by atoms with Crippen molar-refractivity contribution in [1.82, 2.24) is 4.98 Å². The number of nitrogen functional groups attached to an aromatic ring is 1. The Hall–Kier alpha value is -1.10. The van der Waals surface area contributed by atoms with Gasteiger partial charge in [-0.1, -0.05) is 12.1 Å². The van der Waals surface area contributed by atoms with Gasteiger partial charge >= 0.3 is 0 Å².